The van der Waals surface area contributed by atoms with Gasteiger partial charge in [-0.25, -0.2) is 4.79 Å². The van der Waals surface area contributed by atoms with E-state index >= 15 is 0 Å². The Morgan fingerprint density at radius 3 is 2.37 bits per heavy atom. The van der Waals surface area contributed by atoms with Crippen LogP contribution in [-0.4, -0.2) is 19.4 Å². The van der Waals surface area contributed by atoms with Crippen LogP contribution in [0.15, 0.2) is 0 Å². The van der Waals surface area contributed by atoms with Gasteiger partial charge in [-0.05, 0) is 18.8 Å². The van der Waals surface area contributed by atoms with E-state index in [0.717, 1.165) is 25.7 Å². The van der Waals surface area contributed by atoms with Crippen LogP contribution in [0.3, 0.4) is 0 Å². The fourth-order valence-electron chi connectivity index (χ4n) is 1.79. The van der Waals surface area contributed by atoms with E-state index in [1.54, 1.807) is 0 Å². The van der Waals surface area contributed by atoms with Crippen molar-refractivity contribution in [2.24, 2.45) is 5.92 Å². The molecule has 4 heteroatoms. The minimum Gasteiger partial charge on any atom is -0.432 e. The third-order valence-corrected chi connectivity index (χ3v) is 3.19. The zero-order chi connectivity index (χ0) is 14.3. The standard InChI is InChI=1S/C15H30O4/c1-4-7-9-10-12-18-19-15(16)17-13-14(6-3)11-8-5-2/h14H,4-13H2,1-3H3. The van der Waals surface area contributed by atoms with E-state index in [-0.39, 0.29) is 0 Å². The summed E-state index contributed by atoms with van der Waals surface area (Å²) in [6.07, 6.45) is 8.11. The second-order valence-corrected chi connectivity index (χ2v) is 4.94. The first-order valence-corrected chi connectivity index (χ1v) is 7.70. The lowest BCUT2D eigenvalue weighted by Crippen LogP contribution is -2.15. The average Bonchev–Trinajstić information content (AvgIpc) is 2.43. The zero-order valence-electron chi connectivity index (χ0n) is 12.8. The highest BCUT2D eigenvalue weighted by Crippen LogP contribution is 2.13. The Kier molecular flexibility index (Phi) is 13.1. The normalized spacial score (nSPS) is 12.2. The number of carbonyl (C=O) groups is 1. The highest BCUT2D eigenvalue weighted by Gasteiger charge is 2.11. The van der Waals surface area contributed by atoms with Crippen molar-refractivity contribution < 1.29 is 19.3 Å². The summed E-state index contributed by atoms with van der Waals surface area (Å²) in [5.41, 5.74) is 0. The highest BCUT2D eigenvalue weighted by molar-refractivity contribution is 5.58. The molecule has 19 heavy (non-hydrogen) atoms. The molecular weight excluding hydrogens is 244 g/mol. The average molecular weight is 274 g/mol. The minimum atomic E-state index is -0.717. The molecule has 0 aromatic rings. The van der Waals surface area contributed by atoms with Gasteiger partial charge in [-0.1, -0.05) is 59.3 Å². The summed E-state index contributed by atoms with van der Waals surface area (Å²) in [4.78, 5) is 20.6. The van der Waals surface area contributed by atoms with E-state index < -0.39 is 6.16 Å². The van der Waals surface area contributed by atoms with Gasteiger partial charge in [0.15, 0.2) is 0 Å². The first kappa shape index (κ1) is 18.2. The summed E-state index contributed by atoms with van der Waals surface area (Å²) in [5, 5.41) is 0. The van der Waals surface area contributed by atoms with Gasteiger partial charge in [0.05, 0.1) is 13.2 Å². The smallest absolute Gasteiger partial charge is 0.432 e. The van der Waals surface area contributed by atoms with Crippen molar-refractivity contribution in [1.82, 2.24) is 0 Å². The van der Waals surface area contributed by atoms with Crippen LogP contribution in [0.5, 0.6) is 0 Å². The van der Waals surface area contributed by atoms with Crippen LogP contribution in [0.1, 0.15) is 72.1 Å². The predicted octanol–water partition coefficient (Wildman–Crippen LogP) is 4.87. The molecule has 0 N–H and O–H groups in total. The van der Waals surface area contributed by atoms with Crippen molar-refractivity contribution in [2.45, 2.75) is 72.1 Å². The molecular formula is C15H30O4. The second-order valence-electron chi connectivity index (χ2n) is 4.94. The fourth-order valence-corrected chi connectivity index (χ4v) is 1.79. The monoisotopic (exact) mass is 274 g/mol. The van der Waals surface area contributed by atoms with Gasteiger partial charge >= 0.3 is 6.16 Å². The SMILES string of the molecule is CCCCCCOOC(=O)OCC(CC)CCCC. The molecule has 0 amide bonds. The molecule has 0 aliphatic carbocycles. The third-order valence-electron chi connectivity index (χ3n) is 3.19. The minimum absolute atomic E-state index is 0.425. The van der Waals surface area contributed by atoms with Gasteiger partial charge in [0, 0.05) is 0 Å². The quantitative estimate of drug-likeness (QED) is 0.220. The molecule has 0 saturated carbocycles. The molecule has 1 atom stereocenters. The predicted molar refractivity (Wildman–Crippen MR) is 75.8 cm³/mol. The molecule has 114 valence electrons. The molecule has 0 aromatic heterocycles. The molecule has 4 nitrogen and oxygen atoms in total. The van der Waals surface area contributed by atoms with Gasteiger partial charge in [-0.15, -0.1) is 0 Å². The lowest BCUT2D eigenvalue weighted by atomic mass is 10.0. The van der Waals surface area contributed by atoms with Crippen molar-refractivity contribution >= 4 is 6.16 Å². The molecule has 0 aliphatic heterocycles. The maximum Gasteiger partial charge on any atom is 0.540 e. The van der Waals surface area contributed by atoms with Crippen molar-refractivity contribution in [3.05, 3.63) is 0 Å². The van der Waals surface area contributed by atoms with E-state index in [4.69, 9.17) is 9.62 Å². The Bertz CT molecular complexity index is 206. The van der Waals surface area contributed by atoms with Crippen molar-refractivity contribution in [1.29, 1.82) is 0 Å². The molecule has 0 radical (unpaired) electrons. The molecule has 1 unspecified atom stereocenters. The molecule has 0 fully saturated rings. The van der Waals surface area contributed by atoms with E-state index in [1.165, 1.54) is 25.7 Å². The van der Waals surface area contributed by atoms with E-state index in [9.17, 15) is 4.79 Å². The number of ether oxygens (including phenoxy) is 1. The van der Waals surface area contributed by atoms with Crippen LogP contribution in [0, 0.1) is 5.92 Å². The van der Waals surface area contributed by atoms with Crippen LogP contribution in [0.25, 0.3) is 0 Å². The number of hydrogen-bond acceptors (Lipinski definition) is 4. The first-order valence-electron chi connectivity index (χ1n) is 7.70. The van der Waals surface area contributed by atoms with Crippen LogP contribution in [0.2, 0.25) is 0 Å². The lowest BCUT2D eigenvalue weighted by Gasteiger charge is -2.13. The Morgan fingerprint density at radius 2 is 1.74 bits per heavy atom. The summed E-state index contributed by atoms with van der Waals surface area (Å²) >= 11 is 0. The second kappa shape index (κ2) is 13.7. The van der Waals surface area contributed by atoms with Crippen molar-refractivity contribution in [2.75, 3.05) is 13.2 Å². The van der Waals surface area contributed by atoms with Crippen molar-refractivity contribution in [3.63, 3.8) is 0 Å². The van der Waals surface area contributed by atoms with E-state index in [0.29, 0.717) is 19.1 Å². The van der Waals surface area contributed by atoms with Gasteiger partial charge in [0.25, 0.3) is 0 Å². The van der Waals surface area contributed by atoms with Crippen LogP contribution >= 0.6 is 0 Å². The fraction of sp³-hybridized carbons (Fsp3) is 0.933. The summed E-state index contributed by atoms with van der Waals surface area (Å²) in [5.74, 6) is 0.428. The van der Waals surface area contributed by atoms with Gasteiger partial charge in [-0.2, -0.15) is 4.89 Å². The Hall–Kier alpha value is -0.770. The zero-order valence-corrected chi connectivity index (χ0v) is 12.8. The van der Waals surface area contributed by atoms with Gasteiger partial charge in [0.1, 0.15) is 0 Å². The highest BCUT2D eigenvalue weighted by atomic mass is 17.2. The first-order chi connectivity index (χ1) is 9.24. The summed E-state index contributed by atoms with van der Waals surface area (Å²) in [6, 6.07) is 0. The maximum atomic E-state index is 11.3. The number of unbranched alkanes of at least 4 members (excludes halogenated alkanes) is 4. The molecule has 0 spiro atoms. The van der Waals surface area contributed by atoms with Gasteiger partial charge < -0.3 is 4.74 Å². The molecule has 0 aromatic carbocycles. The third kappa shape index (κ3) is 12.0. The number of hydrogen-bond donors (Lipinski definition) is 0. The summed E-state index contributed by atoms with van der Waals surface area (Å²) in [7, 11) is 0. The largest absolute Gasteiger partial charge is 0.540 e. The molecule has 0 bridgehead atoms. The Morgan fingerprint density at radius 1 is 1.00 bits per heavy atom. The van der Waals surface area contributed by atoms with Crippen LogP contribution < -0.4 is 0 Å². The molecule has 0 aliphatic rings. The van der Waals surface area contributed by atoms with Gasteiger partial charge in [0.2, 0.25) is 0 Å². The summed E-state index contributed by atoms with van der Waals surface area (Å²) < 4.78 is 5.03. The Balaban J connectivity index is 3.46. The lowest BCUT2D eigenvalue weighted by molar-refractivity contribution is -0.255. The number of carbonyl (C=O) groups excluding carboxylic acids is 1. The van der Waals surface area contributed by atoms with Gasteiger partial charge in [-0.3, -0.25) is 4.89 Å². The van der Waals surface area contributed by atoms with E-state index in [2.05, 4.69) is 25.7 Å². The topological polar surface area (TPSA) is 44.8 Å². The van der Waals surface area contributed by atoms with Crippen LogP contribution in [0.4, 0.5) is 4.79 Å². The molecule has 0 saturated heterocycles. The molecule has 0 heterocycles. The van der Waals surface area contributed by atoms with E-state index in [1.807, 2.05) is 0 Å². The number of rotatable bonds is 12. The summed E-state index contributed by atoms with van der Waals surface area (Å²) in [6.45, 7) is 7.29. The van der Waals surface area contributed by atoms with Crippen LogP contribution in [-0.2, 0) is 14.5 Å². The van der Waals surface area contributed by atoms with Crippen molar-refractivity contribution in [3.8, 4) is 0 Å². The maximum absolute atomic E-state index is 11.3. The Labute approximate surface area is 117 Å². The molecule has 0 rings (SSSR count).